The van der Waals surface area contributed by atoms with E-state index < -0.39 is 254 Å². The molecule has 0 aromatic carbocycles. The second-order valence-corrected chi connectivity index (χ2v) is 20.9. The second-order valence-electron chi connectivity index (χ2n) is 20.9. The van der Waals surface area contributed by atoms with Crippen molar-refractivity contribution in [2.24, 2.45) is 0 Å². The van der Waals surface area contributed by atoms with Gasteiger partial charge in [0.1, 0.15) is 147 Å². The standard InChI is InChI=1S/C47H80N2O32.2Ac/c1-4-6-69-44-34(66)39(27(59)17(9-51)72-44)79-42-21(48)29(61)36(19(11-53)75-42)77-46-35(67)40(28(60)18(10-52)73-46)80-43-22(49)38(68-7-5-15-25(57)30(62)23(55)13(2)70-15)37(20(12-54)76-43)78-47-41(32(64)26(58)16(8-50)74-47)81-45-33(65)31(63)24(56)14(3)71-45;;/h4,13-67H,1,5-12H2,2-3H3;;/q-2;;/t13?,14?,15-,16?,17?,18?,19?,20?,21?,22?,23-,24+,25?,26+,27+,28+,29?,30?,31?,32?,33?,34?,35?,36+,37+,38?,39?,40?,41?,42+,43+,44-,45+,46+,47+;;/m1../s1. The Labute approximate surface area is 546 Å². The molecule has 83 heavy (non-hydrogen) atoms. The van der Waals surface area contributed by atoms with Crippen LogP contribution < -0.4 is 0 Å². The smallest absolute Gasteiger partial charge is 0.187 e. The fourth-order valence-electron chi connectivity index (χ4n) is 10.6. The fourth-order valence-corrected chi connectivity index (χ4v) is 10.6. The van der Waals surface area contributed by atoms with E-state index in [0.717, 1.165) is 0 Å². The van der Waals surface area contributed by atoms with E-state index in [1.54, 1.807) is 0 Å². The molecule has 0 aliphatic carbocycles. The summed E-state index contributed by atoms with van der Waals surface area (Å²) in [5, 5.41) is 194. The zero-order valence-corrected chi connectivity index (χ0v) is 54.6. The molecule has 34 nitrogen and oxygen atoms in total. The van der Waals surface area contributed by atoms with Crippen LogP contribution in [0.5, 0.6) is 0 Å². The van der Waals surface area contributed by atoms with Gasteiger partial charge in [-0.2, -0.15) is 0 Å². The Morgan fingerprint density at radius 2 is 0.759 bits per heavy atom. The molecule has 0 aromatic rings. The molecule has 0 amide bonds. The maximum atomic E-state index is 11.9. The van der Waals surface area contributed by atoms with Gasteiger partial charge in [0.25, 0.3) is 0 Å². The van der Waals surface area contributed by atoms with Crippen LogP contribution in [0.1, 0.15) is 20.3 Å². The van der Waals surface area contributed by atoms with E-state index in [9.17, 15) is 97.7 Å². The van der Waals surface area contributed by atoms with Gasteiger partial charge in [-0.25, -0.2) is 0 Å². The Balaban J connectivity index is 0.00000631. The molecule has 0 aromatic heterocycles. The van der Waals surface area contributed by atoms with Crippen LogP contribution in [-0.4, -0.2) is 353 Å². The van der Waals surface area contributed by atoms with Crippen LogP contribution in [0.15, 0.2) is 12.7 Å². The molecule has 7 aliphatic heterocycles. The van der Waals surface area contributed by atoms with E-state index in [2.05, 4.69) is 6.58 Å². The van der Waals surface area contributed by atoms with Crippen LogP contribution in [0, 0.1) is 88.1 Å². The summed E-state index contributed by atoms with van der Waals surface area (Å²) in [6.45, 7) is 0.926. The maximum absolute atomic E-state index is 11.9. The zero-order valence-electron chi connectivity index (χ0n) is 45.1. The summed E-state index contributed by atoms with van der Waals surface area (Å²) < 4.78 is 81.4. The summed E-state index contributed by atoms with van der Waals surface area (Å²) in [5.41, 5.74) is 18.3. The molecule has 7 rings (SSSR count). The van der Waals surface area contributed by atoms with E-state index in [-0.39, 0.29) is 101 Å². The van der Waals surface area contributed by atoms with E-state index in [4.69, 9.17) is 72.0 Å². The van der Waals surface area contributed by atoms with Gasteiger partial charge in [-0.1, -0.05) is 18.2 Å². The van der Waals surface area contributed by atoms with Crippen molar-refractivity contribution in [2.75, 3.05) is 46.2 Å². The number of aliphatic hydroxyl groups excluding tert-OH is 18. The van der Waals surface area contributed by atoms with Crippen molar-refractivity contribution in [3.63, 3.8) is 0 Å². The molecule has 478 valence electrons. The number of nitrogens with one attached hydrogen (secondary N) is 2. The van der Waals surface area contributed by atoms with Gasteiger partial charge in [0.05, 0.1) is 70.2 Å². The van der Waals surface area contributed by atoms with Crippen molar-refractivity contribution in [3.05, 3.63) is 24.1 Å². The van der Waals surface area contributed by atoms with Crippen LogP contribution in [0.4, 0.5) is 0 Å². The molecule has 0 spiro atoms. The Hall–Kier alpha value is 1.26. The first-order chi connectivity index (χ1) is 38.5. The van der Waals surface area contributed by atoms with Crippen molar-refractivity contribution in [1.82, 2.24) is 0 Å². The van der Waals surface area contributed by atoms with Crippen molar-refractivity contribution >= 4 is 0 Å². The normalized spacial score (nSPS) is 50.7. The number of ether oxygens (including phenoxy) is 14. The second kappa shape index (κ2) is 33.7. The van der Waals surface area contributed by atoms with Crippen molar-refractivity contribution in [1.29, 1.82) is 0 Å². The summed E-state index contributed by atoms with van der Waals surface area (Å²) in [4.78, 5) is 0. The van der Waals surface area contributed by atoms with Crippen LogP contribution in [0.25, 0.3) is 11.5 Å². The van der Waals surface area contributed by atoms with E-state index >= 15 is 0 Å². The molecular formula is C47H80Ac2N2O32-2. The largest absolute Gasteiger partial charge is 0.668 e. The van der Waals surface area contributed by atoms with Crippen LogP contribution >= 0.6 is 0 Å². The first-order valence-corrected chi connectivity index (χ1v) is 26.5. The average Bonchev–Trinajstić information content (AvgIpc) is 3.45. The Morgan fingerprint density at radius 1 is 0.349 bits per heavy atom. The molecule has 7 heterocycles. The van der Waals surface area contributed by atoms with E-state index in [1.165, 1.54) is 19.9 Å². The quantitative estimate of drug-likeness (QED) is 0.0448. The summed E-state index contributed by atoms with van der Waals surface area (Å²) in [6.07, 6.45) is -56.2. The summed E-state index contributed by atoms with van der Waals surface area (Å²) in [7, 11) is 0. The molecule has 0 bridgehead atoms. The number of aliphatic hydroxyl groups is 18. The topological polar surface area (TPSA) is 541 Å². The Kier molecular flexibility index (Phi) is 30.5. The Bertz CT molecular complexity index is 1930. The predicted molar refractivity (Wildman–Crippen MR) is 257 cm³/mol. The third-order valence-electron chi connectivity index (χ3n) is 15.5. The molecule has 36 heteroatoms. The predicted octanol–water partition coefficient (Wildman–Crippen LogP) is -10.5. The Morgan fingerprint density at radius 3 is 1.31 bits per heavy atom. The minimum Gasteiger partial charge on any atom is -0.668 e. The van der Waals surface area contributed by atoms with Gasteiger partial charge in [-0.15, -0.1) is 6.58 Å². The van der Waals surface area contributed by atoms with Gasteiger partial charge in [0, 0.05) is 94.7 Å². The molecule has 7 aliphatic rings. The molecule has 20 N–H and O–H groups in total. The molecule has 0 saturated carbocycles. The SMILES string of the molecule is C=CCO[C@@H]1OC(CO)[C@H](O)C(O[C@@H]2OC(CO)[C@H](O[C@@H]3OC(CO)[C@H](O)C(O[C@@H]4OC(CO)[C@H](O[C@@H]5OC(CO)[C@H](O)C(O)C5O[C@@H]5OC(C)[C@H](O)C(O)C5O)C(OCC[C@H]5OC(C)[C@@H](O)C(O)C5O)C4[NH-])C3O)C(O)C2[NH-])C1O.[Ac].[Ac]. The zero-order chi connectivity index (χ0) is 59.5. The number of hydrogen-bond donors (Lipinski definition) is 18. The average molecular weight is 1640 g/mol. The monoisotopic (exact) mass is 1640 g/mol. The molecule has 35 atom stereocenters. The molecular weight excluding hydrogens is 1560 g/mol. The van der Waals surface area contributed by atoms with Gasteiger partial charge < -0.3 is 170 Å². The van der Waals surface area contributed by atoms with E-state index in [0.29, 0.717) is 0 Å². The van der Waals surface area contributed by atoms with Crippen LogP contribution in [0.3, 0.4) is 0 Å². The molecule has 7 fully saturated rings. The fraction of sp³-hybridized carbons (Fsp3) is 0.957. The van der Waals surface area contributed by atoms with Crippen molar-refractivity contribution in [3.8, 4) is 0 Å². The van der Waals surface area contributed by atoms with E-state index in [1.807, 2.05) is 0 Å². The van der Waals surface area contributed by atoms with Crippen molar-refractivity contribution in [2.45, 2.75) is 235 Å². The summed E-state index contributed by atoms with van der Waals surface area (Å²) >= 11 is 0. The minimum atomic E-state index is -2.19. The van der Waals surface area contributed by atoms with Gasteiger partial charge in [0.15, 0.2) is 25.2 Å². The number of rotatable bonds is 22. The van der Waals surface area contributed by atoms with Crippen molar-refractivity contribution < 1.29 is 246 Å². The summed E-state index contributed by atoms with van der Waals surface area (Å²) in [5.74, 6) is 0. The third-order valence-corrected chi connectivity index (χ3v) is 15.5. The molecule has 2 radical (unpaired) electrons. The van der Waals surface area contributed by atoms with Gasteiger partial charge >= 0.3 is 0 Å². The molecule has 7 saturated heterocycles. The summed E-state index contributed by atoms with van der Waals surface area (Å²) in [6, 6.07) is -3.81. The van der Waals surface area contributed by atoms with Crippen LogP contribution in [0.2, 0.25) is 0 Å². The first-order valence-electron chi connectivity index (χ1n) is 26.5. The van der Waals surface area contributed by atoms with Crippen LogP contribution in [-0.2, 0) is 66.3 Å². The van der Waals surface area contributed by atoms with Gasteiger partial charge in [0.2, 0.25) is 0 Å². The molecule has 21 unspecified atom stereocenters. The maximum Gasteiger partial charge on any atom is 0.187 e. The first kappa shape index (κ1) is 75.0. The minimum absolute atomic E-state index is 0. The third kappa shape index (κ3) is 16.7. The number of hydrogen-bond acceptors (Lipinski definition) is 32. The van der Waals surface area contributed by atoms with Gasteiger partial charge in [-0.05, 0) is 20.3 Å². The van der Waals surface area contributed by atoms with Gasteiger partial charge in [-0.3, -0.25) is 0 Å².